The number of hydrogen-bond acceptors (Lipinski definition) is 5. The lowest BCUT2D eigenvalue weighted by Crippen LogP contribution is -2.61. The van der Waals surface area contributed by atoms with Crippen molar-refractivity contribution in [2.75, 3.05) is 19.6 Å². The van der Waals surface area contributed by atoms with Crippen molar-refractivity contribution in [3.05, 3.63) is 11.3 Å². The maximum atomic E-state index is 12.1. The number of β-lactam (4-membered cyclic amide) rings is 1. The number of carboxylic acid groups (broad SMARTS) is 1. The van der Waals surface area contributed by atoms with E-state index in [-0.39, 0.29) is 23.7 Å². The Morgan fingerprint density at radius 1 is 1.45 bits per heavy atom. The van der Waals surface area contributed by atoms with Gasteiger partial charge in [-0.25, -0.2) is 4.79 Å². The second-order valence-corrected chi connectivity index (χ2v) is 5.64. The minimum Gasteiger partial charge on any atom is -0.477 e. The normalized spacial score (nSPS) is 34.8. The van der Waals surface area contributed by atoms with Crippen LogP contribution in [0.5, 0.6) is 0 Å². The first-order chi connectivity index (χ1) is 9.52. The van der Waals surface area contributed by atoms with Crippen molar-refractivity contribution in [3.63, 3.8) is 0 Å². The van der Waals surface area contributed by atoms with E-state index < -0.39 is 18.0 Å². The quantitative estimate of drug-likeness (QED) is 0.470. The summed E-state index contributed by atoms with van der Waals surface area (Å²) in [6.45, 7) is 3.88. The van der Waals surface area contributed by atoms with Crippen LogP contribution in [0.1, 0.15) is 13.3 Å². The number of nitrogens with zero attached hydrogens (tertiary/aromatic N) is 1. The minimum atomic E-state index is -1.06. The van der Waals surface area contributed by atoms with Gasteiger partial charge in [-0.2, -0.15) is 0 Å². The van der Waals surface area contributed by atoms with Crippen LogP contribution >= 0.6 is 0 Å². The topological polar surface area (TPSA) is 102 Å². The predicted octanol–water partition coefficient (Wildman–Crippen LogP) is -1.50. The highest BCUT2D eigenvalue weighted by atomic mass is 16.4. The Bertz CT molecular complexity index is 482. The number of piperazine rings is 1. The summed E-state index contributed by atoms with van der Waals surface area (Å²) in [6, 6.07) is -0.254. The monoisotopic (exact) mass is 281 g/mol. The molecule has 0 saturated carbocycles. The summed E-state index contributed by atoms with van der Waals surface area (Å²) < 4.78 is 0. The van der Waals surface area contributed by atoms with Crippen LogP contribution < -0.4 is 10.6 Å². The standard InChI is InChI=1S/C13H19N3O4/c1-6(17)10-9-4-7(8-5-14-2-3-15-8)11(13(19)20)16(9)12(10)18/h6,8-10,14-15,17H,2-5H2,1H3,(H,19,20)/t6-,8?,9-,10-/m1/s1. The zero-order valence-electron chi connectivity index (χ0n) is 11.3. The molecule has 0 aromatic carbocycles. The Hall–Kier alpha value is -1.44. The fourth-order valence-corrected chi connectivity index (χ4v) is 3.51. The molecule has 0 aliphatic carbocycles. The van der Waals surface area contributed by atoms with E-state index in [0.29, 0.717) is 13.0 Å². The number of amides is 1. The molecule has 2 fully saturated rings. The number of nitrogens with one attached hydrogen (secondary N) is 2. The Balaban J connectivity index is 1.89. The third-order valence-corrected chi connectivity index (χ3v) is 4.43. The fourth-order valence-electron chi connectivity index (χ4n) is 3.51. The van der Waals surface area contributed by atoms with Gasteiger partial charge in [0.25, 0.3) is 0 Å². The van der Waals surface area contributed by atoms with E-state index in [1.165, 1.54) is 4.90 Å². The Kier molecular flexibility index (Phi) is 3.27. The number of carboxylic acids is 1. The first-order valence-electron chi connectivity index (χ1n) is 6.94. The van der Waals surface area contributed by atoms with Crippen LogP contribution in [0, 0.1) is 5.92 Å². The minimum absolute atomic E-state index is 0.0529. The van der Waals surface area contributed by atoms with Crippen LogP contribution in [0.25, 0.3) is 0 Å². The molecule has 20 heavy (non-hydrogen) atoms. The van der Waals surface area contributed by atoms with Crippen LogP contribution in [0.15, 0.2) is 11.3 Å². The van der Waals surface area contributed by atoms with E-state index in [2.05, 4.69) is 10.6 Å². The number of aliphatic hydroxyl groups is 1. The molecule has 110 valence electrons. The van der Waals surface area contributed by atoms with Crippen molar-refractivity contribution in [2.45, 2.75) is 31.5 Å². The number of hydrogen-bond donors (Lipinski definition) is 4. The van der Waals surface area contributed by atoms with Crippen molar-refractivity contribution >= 4 is 11.9 Å². The number of carbonyl (C=O) groups excluding carboxylic acids is 1. The molecule has 7 heteroatoms. The van der Waals surface area contributed by atoms with E-state index in [1.807, 2.05) is 0 Å². The van der Waals surface area contributed by atoms with Gasteiger partial charge >= 0.3 is 5.97 Å². The maximum Gasteiger partial charge on any atom is 0.352 e. The van der Waals surface area contributed by atoms with Crippen LogP contribution in [0.4, 0.5) is 0 Å². The van der Waals surface area contributed by atoms with Gasteiger partial charge in [-0.3, -0.25) is 4.79 Å². The zero-order chi connectivity index (χ0) is 14.4. The van der Waals surface area contributed by atoms with Gasteiger partial charge in [0, 0.05) is 25.7 Å². The molecule has 4 N–H and O–H groups in total. The lowest BCUT2D eigenvalue weighted by atomic mass is 9.82. The van der Waals surface area contributed by atoms with E-state index >= 15 is 0 Å². The summed E-state index contributed by atoms with van der Waals surface area (Å²) >= 11 is 0. The molecule has 2 saturated heterocycles. The summed E-state index contributed by atoms with van der Waals surface area (Å²) in [5.74, 6) is -1.81. The molecule has 1 amide bonds. The first kappa shape index (κ1) is 13.5. The van der Waals surface area contributed by atoms with Crippen molar-refractivity contribution in [1.29, 1.82) is 0 Å². The van der Waals surface area contributed by atoms with Crippen LogP contribution in [0.2, 0.25) is 0 Å². The van der Waals surface area contributed by atoms with Gasteiger partial charge < -0.3 is 25.7 Å². The maximum absolute atomic E-state index is 12.1. The average molecular weight is 281 g/mol. The Morgan fingerprint density at radius 3 is 2.75 bits per heavy atom. The number of rotatable bonds is 3. The van der Waals surface area contributed by atoms with Crippen LogP contribution in [-0.4, -0.2) is 64.8 Å². The highest BCUT2D eigenvalue weighted by molar-refractivity contribution is 5.99. The molecule has 3 rings (SSSR count). The molecular formula is C13H19N3O4. The SMILES string of the molecule is C[C@@H](O)[C@H]1C(=O)N2C(C(=O)O)=C(C3CNCCN3)C[C@H]12. The predicted molar refractivity (Wildman–Crippen MR) is 69.7 cm³/mol. The number of aliphatic carboxylic acids is 1. The van der Waals surface area contributed by atoms with Crippen molar-refractivity contribution in [2.24, 2.45) is 5.92 Å². The molecule has 0 spiro atoms. The second kappa shape index (κ2) is 4.83. The van der Waals surface area contributed by atoms with Gasteiger partial charge in [-0.15, -0.1) is 0 Å². The van der Waals surface area contributed by atoms with E-state index in [1.54, 1.807) is 6.92 Å². The molecule has 3 aliphatic heterocycles. The summed E-state index contributed by atoms with van der Waals surface area (Å²) in [7, 11) is 0. The highest BCUT2D eigenvalue weighted by Gasteiger charge is 2.57. The Morgan fingerprint density at radius 2 is 2.20 bits per heavy atom. The van der Waals surface area contributed by atoms with Gasteiger partial charge in [0.1, 0.15) is 5.70 Å². The molecular weight excluding hydrogens is 262 g/mol. The second-order valence-electron chi connectivity index (χ2n) is 5.64. The van der Waals surface area contributed by atoms with Crippen molar-refractivity contribution in [1.82, 2.24) is 15.5 Å². The summed E-state index contributed by atoms with van der Waals surface area (Å²) in [5.41, 5.74) is 0.879. The number of carbonyl (C=O) groups is 2. The lowest BCUT2D eigenvalue weighted by Gasteiger charge is -2.44. The highest BCUT2D eigenvalue weighted by Crippen LogP contribution is 2.44. The molecule has 3 heterocycles. The average Bonchev–Trinajstić information content (AvgIpc) is 2.74. The third kappa shape index (κ3) is 1.85. The van der Waals surface area contributed by atoms with Crippen LogP contribution in [-0.2, 0) is 9.59 Å². The first-order valence-corrected chi connectivity index (χ1v) is 6.94. The lowest BCUT2D eigenvalue weighted by molar-refractivity contribution is -0.161. The summed E-state index contributed by atoms with van der Waals surface area (Å²) in [5, 5.41) is 25.6. The van der Waals surface area contributed by atoms with Gasteiger partial charge in [0.15, 0.2) is 0 Å². The van der Waals surface area contributed by atoms with Crippen molar-refractivity contribution in [3.8, 4) is 0 Å². The van der Waals surface area contributed by atoms with Gasteiger partial charge in [0.2, 0.25) is 5.91 Å². The molecule has 0 aromatic heterocycles. The van der Waals surface area contributed by atoms with E-state index in [9.17, 15) is 19.8 Å². The third-order valence-electron chi connectivity index (χ3n) is 4.43. The van der Waals surface area contributed by atoms with Crippen molar-refractivity contribution < 1.29 is 19.8 Å². The molecule has 3 aliphatic rings. The van der Waals surface area contributed by atoms with Gasteiger partial charge in [-0.05, 0) is 18.9 Å². The van der Waals surface area contributed by atoms with Gasteiger partial charge in [0.05, 0.1) is 18.1 Å². The number of fused-ring (bicyclic) bond motifs is 1. The zero-order valence-corrected chi connectivity index (χ0v) is 11.3. The smallest absolute Gasteiger partial charge is 0.352 e. The summed E-state index contributed by atoms with van der Waals surface area (Å²) in [4.78, 5) is 24.9. The molecule has 4 atom stereocenters. The van der Waals surface area contributed by atoms with E-state index in [0.717, 1.165) is 18.7 Å². The fraction of sp³-hybridized carbons (Fsp3) is 0.692. The Labute approximate surface area is 116 Å². The number of aliphatic hydroxyl groups excluding tert-OH is 1. The molecule has 0 radical (unpaired) electrons. The molecule has 7 nitrogen and oxygen atoms in total. The van der Waals surface area contributed by atoms with Gasteiger partial charge in [-0.1, -0.05) is 0 Å². The molecule has 1 unspecified atom stereocenters. The van der Waals surface area contributed by atoms with E-state index in [4.69, 9.17) is 0 Å². The molecule has 0 bridgehead atoms. The largest absolute Gasteiger partial charge is 0.477 e. The van der Waals surface area contributed by atoms with Crippen LogP contribution in [0.3, 0.4) is 0 Å². The summed E-state index contributed by atoms with van der Waals surface area (Å²) in [6.07, 6.45) is -0.210. The molecule has 0 aromatic rings.